The van der Waals surface area contributed by atoms with Gasteiger partial charge in [-0.15, -0.1) is 11.8 Å². The molecule has 3 rings (SSSR count). The summed E-state index contributed by atoms with van der Waals surface area (Å²) >= 11 is 1.68. The molecule has 1 aliphatic carbocycles. The number of carbonyl (C=O) groups is 3. The van der Waals surface area contributed by atoms with Crippen LogP contribution in [0.2, 0.25) is 0 Å². The fourth-order valence-corrected chi connectivity index (χ4v) is 5.24. The average molecular weight is 385 g/mol. The maximum atomic E-state index is 12.7. The highest BCUT2D eigenvalue weighted by molar-refractivity contribution is 8.01. The standard InChI is InChI=1S/C16H27N5O4S/c1-3-25-16(24)20-13(22)9-8-17-21(2)12(9)19-14(23)15-18-10-6-4-5-7-11(10)26-15/h9-12,15,17-18H,3-8H2,1-2H3,(H,19,23)(H,20,22,24). The third-order valence-corrected chi connectivity index (χ3v) is 6.64. The van der Waals surface area contributed by atoms with Crippen molar-refractivity contribution in [2.75, 3.05) is 20.2 Å². The summed E-state index contributed by atoms with van der Waals surface area (Å²) in [5, 5.41) is 10.5. The number of hydrogen-bond donors (Lipinski definition) is 4. The van der Waals surface area contributed by atoms with E-state index < -0.39 is 24.1 Å². The molecule has 9 nitrogen and oxygen atoms in total. The summed E-state index contributed by atoms with van der Waals surface area (Å²) in [5.74, 6) is -1.17. The molecular formula is C16H27N5O4S. The first-order chi connectivity index (χ1) is 12.5. The number of carbonyl (C=O) groups excluding carboxylic acids is 3. The van der Waals surface area contributed by atoms with Gasteiger partial charge in [0.1, 0.15) is 11.5 Å². The SMILES string of the molecule is CCOC(=O)NC(=O)C1CNN(C)C1NC(=O)C1NC2CCCCC2S1. The number of nitrogens with zero attached hydrogens (tertiary/aromatic N) is 1. The molecule has 3 amide bonds. The summed E-state index contributed by atoms with van der Waals surface area (Å²) in [6.45, 7) is 2.19. The summed E-state index contributed by atoms with van der Waals surface area (Å²) < 4.78 is 4.75. The fourth-order valence-electron chi connectivity index (χ4n) is 3.73. The number of fused-ring (bicyclic) bond motifs is 1. The lowest BCUT2D eigenvalue weighted by molar-refractivity contribution is -0.127. The minimum atomic E-state index is -0.769. The molecule has 2 aliphatic heterocycles. The molecule has 0 aromatic carbocycles. The quantitative estimate of drug-likeness (QED) is 0.524. The second kappa shape index (κ2) is 8.55. The number of amides is 3. The fraction of sp³-hybridized carbons (Fsp3) is 0.812. The Kier molecular flexibility index (Phi) is 6.38. The largest absolute Gasteiger partial charge is 0.450 e. The van der Waals surface area contributed by atoms with Crippen LogP contribution in [0.1, 0.15) is 32.6 Å². The second-order valence-corrected chi connectivity index (χ2v) is 8.20. The van der Waals surface area contributed by atoms with E-state index in [4.69, 9.17) is 4.74 Å². The highest BCUT2D eigenvalue weighted by Crippen LogP contribution is 2.36. The molecule has 3 aliphatic rings. The van der Waals surface area contributed by atoms with Gasteiger partial charge in [0.25, 0.3) is 0 Å². The smallest absolute Gasteiger partial charge is 0.413 e. The van der Waals surface area contributed by atoms with E-state index in [1.165, 1.54) is 12.8 Å². The Balaban J connectivity index is 1.57. The van der Waals surface area contributed by atoms with Crippen molar-refractivity contribution in [2.24, 2.45) is 5.92 Å². The van der Waals surface area contributed by atoms with Gasteiger partial charge < -0.3 is 10.1 Å². The normalized spacial score (nSPS) is 34.2. The van der Waals surface area contributed by atoms with E-state index >= 15 is 0 Å². The lowest BCUT2D eigenvalue weighted by Gasteiger charge is -2.25. The number of nitrogens with one attached hydrogen (secondary N) is 4. The first kappa shape index (κ1) is 19.4. The lowest BCUT2D eigenvalue weighted by Crippen LogP contribution is -2.55. The number of thioether (sulfide) groups is 1. The third-order valence-electron chi connectivity index (χ3n) is 5.10. The van der Waals surface area contributed by atoms with E-state index in [0.29, 0.717) is 17.8 Å². The molecule has 5 unspecified atom stereocenters. The number of rotatable bonds is 4. The Morgan fingerprint density at radius 1 is 1.23 bits per heavy atom. The minimum Gasteiger partial charge on any atom is -0.450 e. The Morgan fingerprint density at radius 3 is 2.73 bits per heavy atom. The zero-order valence-corrected chi connectivity index (χ0v) is 15.9. The molecule has 0 aromatic rings. The van der Waals surface area contributed by atoms with Gasteiger partial charge in [-0.1, -0.05) is 12.8 Å². The minimum absolute atomic E-state index is 0.126. The molecule has 0 radical (unpaired) electrons. The molecule has 3 fully saturated rings. The van der Waals surface area contributed by atoms with Crippen molar-refractivity contribution in [3.8, 4) is 0 Å². The predicted octanol–water partition coefficient (Wildman–Crippen LogP) is -0.259. The monoisotopic (exact) mass is 385 g/mol. The van der Waals surface area contributed by atoms with Gasteiger partial charge in [0.2, 0.25) is 11.8 Å². The van der Waals surface area contributed by atoms with E-state index in [9.17, 15) is 14.4 Å². The van der Waals surface area contributed by atoms with Crippen LogP contribution in [0.25, 0.3) is 0 Å². The first-order valence-corrected chi connectivity index (χ1v) is 10.1. The van der Waals surface area contributed by atoms with Gasteiger partial charge in [-0.3, -0.25) is 25.6 Å². The van der Waals surface area contributed by atoms with Crippen LogP contribution in [-0.4, -0.2) is 65.9 Å². The van der Waals surface area contributed by atoms with Crippen LogP contribution in [0.15, 0.2) is 0 Å². The third kappa shape index (κ3) is 4.30. The Morgan fingerprint density at radius 2 is 2.00 bits per heavy atom. The molecule has 0 spiro atoms. The van der Waals surface area contributed by atoms with Crippen molar-refractivity contribution in [2.45, 2.75) is 55.4 Å². The van der Waals surface area contributed by atoms with Crippen molar-refractivity contribution in [3.63, 3.8) is 0 Å². The van der Waals surface area contributed by atoms with Crippen molar-refractivity contribution < 1.29 is 19.1 Å². The van der Waals surface area contributed by atoms with Gasteiger partial charge in [-0.2, -0.15) is 0 Å². The maximum Gasteiger partial charge on any atom is 0.413 e. The van der Waals surface area contributed by atoms with Gasteiger partial charge in [-0.25, -0.2) is 9.80 Å². The molecule has 0 bridgehead atoms. The second-order valence-electron chi connectivity index (χ2n) is 6.85. The van der Waals surface area contributed by atoms with E-state index in [1.807, 2.05) is 0 Å². The van der Waals surface area contributed by atoms with Gasteiger partial charge in [0.15, 0.2) is 0 Å². The number of hydrazine groups is 1. The zero-order chi connectivity index (χ0) is 18.7. The van der Waals surface area contributed by atoms with E-state index in [2.05, 4.69) is 21.4 Å². The van der Waals surface area contributed by atoms with Crippen molar-refractivity contribution in [3.05, 3.63) is 0 Å². The van der Waals surface area contributed by atoms with E-state index in [-0.39, 0.29) is 17.9 Å². The number of alkyl carbamates (subject to hydrolysis) is 1. The molecule has 10 heteroatoms. The number of imide groups is 1. The Bertz CT molecular complexity index is 549. The predicted molar refractivity (Wildman–Crippen MR) is 96.9 cm³/mol. The van der Waals surface area contributed by atoms with Crippen molar-refractivity contribution in [1.29, 1.82) is 0 Å². The van der Waals surface area contributed by atoms with Crippen LogP contribution >= 0.6 is 11.8 Å². The number of ether oxygens (including phenoxy) is 1. The van der Waals surface area contributed by atoms with E-state index in [1.54, 1.807) is 30.7 Å². The zero-order valence-electron chi connectivity index (χ0n) is 15.1. The summed E-state index contributed by atoms with van der Waals surface area (Å²) in [5.41, 5.74) is 3.03. The van der Waals surface area contributed by atoms with Gasteiger partial charge in [0.05, 0.1) is 12.5 Å². The maximum absolute atomic E-state index is 12.7. The summed E-state index contributed by atoms with van der Waals surface area (Å²) in [6.07, 6.45) is 3.37. The molecular weight excluding hydrogens is 358 g/mol. The molecule has 2 saturated heterocycles. The number of hydrogen-bond acceptors (Lipinski definition) is 8. The van der Waals surface area contributed by atoms with Crippen LogP contribution in [0.3, 0.4) is 0 Å². The highest BCUT2D eigenvalue weighted by Gasteiger charge is 2.43. The lowest BCUT2D eigenvalue weighted by atomic mass is 9.95. The molecule has 4 N–H and O–H groups in total. The van der Waals surface area contributed by atoms with Gasteiger partial charge in [-0.05, 0) is 19.8 Å². The van der Waals surface area contributed by atoms with Crippen molar-refractivity contribution in [1.82, 2.24) is 26.4 Å². The van der Waals surface area contributed by atoms with Crippen LogP contribution in [0.5, 0.6) is 0 Å². The molecule has 146 valence electrons. The van der Waals surface area contributed by atoms with E-state index in [0.717, 1.165) is 12.8 Å². The Labute approximate surface area is 157 Å². The van der Waals surface area contributed by atoms with Gasteiger partial charge in [0, 0.05) is 24.9 Å². The van der Waals surface area contributed by atoms with Crippen LogP contribution < -0.4 is 21.4 Å². The topological polar surface area (TPSA) is 112 Å². The van der Waals surface area contributed by atoms with Crippen molar-refractivity contribution >= 4 is 29.7 Å². The molecule has 5 atom stereocenters. The molecule has 2 heterocycles. The molecule has 26 heavy (non-hydrogen) atoms. The first-order valence-electron chi connectivity index (χ1n) is 9.15. The summed E-state index contributed by atoms with van der Waals surface area (Å²) in [4.78, 5) is 36.5. The molecule has 1 saturated carbocycles. The average Bonchev–Trinajstić information content (AvgIpc) is 3.19. The van der Waals surface area contributed by atoms with Crippen LogP contribution in [0.4, 0.5) is 4.79 Å². The summed E-state index contributed by atoms with van der Waals surface area (Å²) in [7, 11) is 1.76. The Hall–Kier alpha value is -1.36. The van der Waals surface area contributed by atoms with Crippen LogP contribution in [0, 0.1) is 5.92 Å². The highest BCUT2D eigenvalue weighted by atomic mass is 32.2. The molecule has 0 aromatic heterocycles. The summed E-state index contributed by atoms with van der Waals surface area (Å²) in [6, 6.07) is 0.395. The van der Waals surface area contributed by atoms with Crippen LogP contribution in [-0.2, 0) is 14.3 Å². The van der Waals surface area contributed by atoms with Gasteiger partial charge >= 0.3 is 6.09 Å².